The molecule has 0 aliphatic rings. The van der Waals surface area contributed by atoms with Gasteiger partial charge in [0.1, 0.15) is 0 Å². The van der Waals surface area contributed by atoms with Gasteiger partial charge < -0.3 is 4.57 Å². The van der Waals surface area contributed by atoms with Gasteiger partial charge >= 0.3 is 0 Å². The van der Waals surface area contributed by atoms with Crippen molar-refractivity contribution in [3.8, 4) is 27.9 Å². The lowest BCUT2D eigenvalue weighted by Gasteiger charge is -2.16. The third-order valence-electron chi connectivity index (χ3n) is 7.89. The molecule has 3 heteroatoms. The first-order valence-corrected chi connectivity index (χ1v) is 14.6. The van der Waals surface area contributed by atoms with Gasteiger partial charge in [0.05, 0.1) is 16.7 Å². The molecular formula is C36H21Br2N. The van der Waals surface area contributed by atoms with E-state index in [1.54, 1.807) is 0 Å². The second kappa shape index (κ2) is 8.81. The van der Waals surface area contributed by atoms with Gasteiger partial charge in [0, 0.05) is 19.7 Å². The summed E-state index contributed by atoms with van der Waals surface area (Å²) >= 11 is 7.68. The summed E-state index contributed by atoms with van der Waals surface area (Å²) in [6, 6.07) is 46.1. The van der Waals surface area contributed by atoms with Crippen LogP contribution < -0.4 is 0 Å². The van der Waals surface area contributed by atoms with E-state index >= 15 is 0 Å². The van der Waals surface area contributed by atoms with Gasteiger partial charge in [0.15, 0.2) is 0 Å². The van der Waals surface area contributed by atoms with E-state index in [1.807, 2.05) is 0 Å². The molecule has 184 valence electrons. The molecule has 1 nitrogen and oxygen atoms in total. The van der Waals surface area contributed by atoms with Crippen molar-refractivity contribution < 1.29 is 0 Å². The SMILES string of the molecule is Brc1cccc(Br)c1-n1c2cccc3c4cc(-c5ccccc5)c(-c5ccccc5)cc4c4cccc1c4c32. The molecule has 0 saturated carbocycles. The van der Waals surface area contributed by atoms with Crippen molar-refractivity contribution in [2.45, 2.75) is 0 Å². The molecule has 0 aliphatic carbocycles. The van der Waals surface area contributed by atoms with Crippen LogP contribution in [0.1, 0.15) is 0 Å². The lowest BCUT2D eigenvalue weighted by molar-refractivity contribution is 1.16. The number of hydrogen-bond acceptors (Lipinski definition) is 0. The molecule has 0 unspecified atom stereocenters. The second-order valence-electron chi connectivity index (χ2n) is 9.98. The van der Waals surface area contributed by atoms with Crippen LogP contribution in [0, 0.1) is 0 Å². The van der Waals surface area contributed by atoms with Crippen LogP contribution in [0.5, 0.6) is 0 Å². The third kappa shape index (κ3) is 3.37. The molecule has 0 bridgehead atoms. The first kappa shape index (κ1) is 23.0. The molecule has 0 N–H and O–H groups in total. The molecule has 7 aromatic carbocycles. The van der Waals surface area contributed by atoms with E-state index in [9.17, 15) is 0 Å². The number of para-hydroxylation sites is 1. The first-order valence-electron chi connectivity index (χ1n) is 13.0. The van der Waals surface area contributed by atoms with Gasteiger partial charge in [-0.2, -0.15) is 0 Å². The summed E-state index contributed by atoms with van der Waals surface area (Å²) in [5.74, 6) is 0. The Morgan fingerprint density at radius 3 is 1.31 bits per heavy atom. The summed E-state index contributed by atoms with van der Waals surface area (Å²) < 4.78 is 4.51. The quantitative estimate of drug-likeness (QED) is 0.172. The molecule has 1 heterocycles. The summed E-state index contributed by atoms with van der Waals surface area (Å²) in [4.78, 5) is 0. The fourth-order valence-electron chi connectivity index (χ4n) is 6.26. The highest BCUT2D eigenvalue weighted by molar-refractivity contribution is 9.11. The number of fused-ring (bicyclic) bond motifs is 3. The van der Waals surface area contributed by atoms with Crippen molar-refractivity contribution in [1.29, 1.82) is 0 Å². The fourth-order valence-corrected chi connectivity index (χ4v) is 7.61. The zero-order chi connectivity index (χ0) is 26.1. The summed E-state index contributed by atoms with van der Waals surface area (Å²) in [7, 11) is 0. The van der Waals surface area contributed by atoms with E-state index < -0.39 is 0 Å². The molecule has 0 aliphatic heterocycles. The largest absolute Gasteiger partial charge is 0.307 e. The summed E-state index contributed by atoms with van der Waals surface area (Å²) in [5, 5.41) is 7.75. The Hall–Kier alpha value is -3.92. The van der Waals surface area contributed by atoms with Gasteiger partial charge in [0.25, 0.3) is 0 Å². The highest BCUT2D eigenvalue weighted by Gasteiger charge is 2.22. The fraction of sp³-hybridized carbons (Fsp3) is 0. The van der Waals surface area contributed by atoms with Gasteiger partial charge in [0.2, 0.25) is 0 Å². The highest BCUT2D eigenvalue weighted by atomic mass is 79.9. The second-order valence-corrected chi connectivity index (χ2v) is 11.7. The number of aromatic nitrogens is 1. The van der Waals surface area contributed by atoms with Gasteiger partial charge in [-0.05, 0) is 112 Å². The molecule has 1 aromatic heterocycles. The number of hydrogen-bond donors (Lipinski definition) is 0. The molecular weight excluding hydrogens is 606 g/mol. The predicted octanol–water partition coefficient (Wildman–Crippen LogP) is 11.4. The van der Waals surface area contributed by atoms with Crippen LogP contribution in [0.2, 0.25) is 0 Å². The number of halogens is 2. The predicted molar refractivity (Wildman–Crippen MR) is 173 cm³/mol. The maximum absolute atomic E-state index is 3.84. The monoisotopic (exact) mass is 625 g/mol. The third-order valence-corrected chi connectivity index (χ3v) is 9.17. The molecule has 0 spiro atoms. The standard InChI is InChI=1S/C36H21Br2N/c37-30-16-9-17-31(38)36(30)39-32-18-7-14-24-28-20-26(22-10-3-1-4-11-22)27(23-12-5-2-6-13-23)21-29(28)25-15-8-19-33(39)35(25)34(24)32/h1-21H. The van der Waals surface area contributed by atoms with Crippen LogP contribution >= 0.6 is 31.9 Å². The normalized spacial score (nSPS) is 11.8. The maximum Gasteiger partial charge on any atom is 0.0746 e. The van der Waals surface area contributed by atoms with Gasteiger partial charge in [-0.25, -0.2) is 0 Å². The Morgan fingerprint density at radius 1 is 0.410 bits per heavy atom. The van der Waals surface area contributed by atoms with Crippen LogP contribution in [0.25, 0.3) is 71.3 Å². The minimum Gasteiger partial charge on any atom is -0.307 e. The van der Waals surface area contributed by atoms with Crippen molar-refractivity contribution in [3.05, 3.63) is 136 Å². The number of benzene rings is 7. The zero-order valence-corrected chi connectivity index (χ0v) is 24.0. The van der Waals surface area contributed by atoms with Crippen LogP contribution in [-0.2, 0) is 0 Å². The smallest absolute Gasteiger partial charge is 0.0746 e. The Balaban J connectivity index is 1.59. The molecule has 39 heavy (non-hydrogen) atoms. The lowest BCUT2D eigenvalue weighted by Crippen LogP contribution is -1.96. The molecule has 0 atom stereocenters. The minimum absolute atomic E-state index is 1.06. The van der Waals surface area contributed by atoms with Crippen molar-refractivity contribution in [2.24, 2.45) is 0 Å². The Kier molecular flexibility index (Phi) is 5.19. The molecule has 0 saturated heterocycles. The van der Waals surface area contributed by atoms with E-state index in [0.717, 1.165) is 14.6 Å². The van der Waals surface area contributed by atoms with E-state index in [2.05, 4.69) is 164 Å². The van der Waals surface area contributed by atoms with Gasteiger partial charge in [-0.1, -0.05) is 91.0 Å². The summed E-state index contributed by atoms with van der Waals surface area (Å²) in [6.07, 6.45) is 0. The highest BCUT2D eigenvalue weighted by Crippen LogP contribution is 2.47. The average molecular weight is 627 g/mol. The topological polar surface area (TPSA) is 4.93 Å². The molecule has 8 rings (SSSR count). The zero-order valence-electron chi connectivity index (χ0n) is 20.8. The Labute approximate surface area is 242 Å². The van der Waals surface area contributed by atoms with E-state index in [4.69, 9.17) is 0 Å². The van der Waals surface area contributed by atoms with Crippen molar-refractivity contribution in [3.63, 3.8) is 0 Å². The minimum atomic E-state index is 1.06. The Morgan fingerprint density at radius 2 is 0.846 bits per heavy atom. The van der Waals surface area contributed by atoms with Gasteiger partial charge in [-0.15, -0.1) is 0 Å². The lowest BCUT2D eigenvalue weighted by atomic mass is 9.87. The molecule has 0 radical (unpaired) electrons. The van der Waals surface area contributed by atoms with Crippen molar-refractivity contribution >= 4 is 75.2 Å². The number of rotatable bonds is 3. The summed E-state index contributed by atoms with van der Waals surface area (Å²) in [5.41, 5.74) is 8.49. The number of nitrogens with zero attached hydrogens (tertiary/aromatic N) is 1. The molecule has 0 fully saturated rings. The Bertz CT molecular complexity index is 2030. The molecule has 8 aromatic rings. The van der Waals surface area contributed by atoms with Gasteiger partial charge in [-0.3, -0.25) is 0 Å². The molecule has 0 amide bonds. The van der Waals surface area contributed by atoms with E-state index in [-0.39, 0.29) is 0 Å². The average Bonchev–Trinajstić information content (AvgIpc) is 3.32. The van der Waals surface area contributed by atoms with Crippen molar-refractivity contribution in [2.75, 3.05) is 0 Å². The first-order chi connectivity index (χ1) is 19.2. The van der Waals surface area contributed by atoms with Crippen LogP contribution in [-0.4, -0.2) is 4.57 Å². The van der Waals surface area contributed by atoms with E-state index in [0.29, 0.717) is 0 Å². The van der Waals surface area contributed by atoms with Crippen LogP contribution in [0.15, 0.2) is 136 Å². The van der Waals surface area contributed by atoms with Crippen LogP contribution in [0.3, 0.4) is 0 Å². The van der Waals surface area contributed by atoms with Crippen LogP contribution in [0.4, 0.5) is 0 Å². The summed E-state index contributed by atoms with van der Waals surface area (Å²) in [6.45, 7) is 0. The maximum atomic E-state index is 3.84. The van der Waals surface area contributed by atoms with Crippen molar-refractivity contribution in [1.82, 2.24) is 4.57 Å². The van der Waals surface area contributed by atoms with E-state index in [1.165, 1.54) is 65.6 Å².